The van der Waals surface area contributed by atoms with Crippen LogP contribution in [0.2, 0.25) is 0 Å². The van der Waals surface area contributed by atoms with Gasteiger partial charge in [-0.15, -0.1) is 0 Å². The highest BCUT2D eigenvalue weighted by molar-refractivity contribution is 5.85. The van der Waals surface area contributed by atoms with Crippen LogP contribution in [0.5, 0.6) is 0 Å². The molecule has 2 saturated carbocycles. The minimum Gasteiger partial charge on any atom is -0.550 e. The molecule has 124 valence electrons. The van der Waals surface area contributed by atoms with Gasteiger partial charge >= 0.3 is 0 Å². The van der Waals surface area contributed by atoms with Gasteiger partial charge in [0.15, 0.2) is 0 Å². The van der Waals surface area contributed by atoms with Gasteiger partial charge in [-0.25, -0.2) is 0 Å². The zero-order chi connectivity index (χ0) is 15.5. The molecule has 0 aromatic heterocycles. The summed E-state index contributed by atoms with van der Waals surface area (Å²) in [6.45, 7) is 5.38. The summed E-state index contributed by atoms with van der Waals surface area (Å²) >= 11 is 0. The molecule has 0 unspecified atom stereocenters. The monoisotopic (exact) mass is 310 g/mol. The van der Waals surface area contributed by atoms with E-state index in [4.69, 9.17) is 4.74 Å². The first-order chi connectivity index (χ1) is 10.7. The van der Waals surface area contributed by atoms with Gasteiger partial charge < -0.3 is 24.9 Å². The number of nitrogens with one attached hydrogen (secondary N) is 2. The summed E-state index contributed by atoms with van der Waals surface area (Å²) in [5.74, 6) is -1.63. The average molecular weight is 310 g/mol. The zero-order valence-electron chi connectivity index (χ0n) is 13.0. The second-order valence-corrected chi connectivity index (χ2v) is 6.96. The van der Waals surface area contributed by atoms with Gasteiger partial charge in [-0.3, -0.25) is 4.79 Å². The molecule has 3 fully saturated rings. The van der Waals surface area contributed by atoms with Crippen LogP contribution in [-0.4, -0.2) is 51.3 Å². The molecule has 1 heterocycles. The van der Waals surface area contributed by atoms with E-state index in [1.807, 2.05) is 0 Å². The lowest BCUT2D eigenvalue weighted by Crippen LogP contribution is -3.14. The van der Waals surface area contributed by atoms with Crippen LogP contribution in [0.25, 0.3) is 0 Å². The van der Waals surface area contributed by atoms with Crippen molar-refractivity contribution in [2.75, 3.05) is 39.4 Å². The Hall–Kier alpha value is -1.14. The molecule has 1 saturated heterocycles. The lowest BCUT2D eigenvalue weighted by atomic mass is 9.78. The Morgan fingerprint density at radius 2 is 1.82 bits per heavy atom. The van der Waals surface area contributed by atoms with Crippen LogP contribution in [0, 0.1) is 23.7 Å². The molecule has 2 aliphatic carbocycles. The molecule has 6 heteroatoms. The Kier molecular flexibility index (Phi) is 4.98. The van der Waals surface area contributed by atoms with E-state index in [0.717, 1.165) is 58.5 Å². The van der Waals surface area contributed by atoms with Crippen molar-refractivity contribution in [3.63, 3.8) is 0 Å². The van der Waals surface area contributed by atoms with Crippen molar-refractivity contribution >= 4 is 11.9 Å². The molecule has 0 aromatic carbocycles. The van der Waals surface area contributed by atoms with Gasteiger partial charge in [0.05, 0.1) is 19.8 Å². The number of morpholine rings is 1. The molecule has 3 aliphatic rings. The van der Waals surface area contributed by atoms with Gasteiger partial charge in [-0.2, -0.15) is 0 Å². The average Bonchev–Trinajstić information content (AvgIpc) is 3.13. The Morgan fingerprint density at radius 3 is 2.50 bits per heavy atom. The first-order valence-corrected chi connectivity index (χ1v) is 8.56. The van der Waals surface area contributed by atoms with Crippen molar-refractivity contribution in [3.8, 4) is 0 Å². The lowest BCUT2D eigenvalue weighted by Gasteiger charge is -2.30. The van der Waals surface area contributed by atoms with Crippen molar-refractivity contribution in [2.24, 2.45) is 23.7 Å². The number of carboxylic acids is 1. The van der Waals surface area contributed by atoms with Crippen molar-refractivity contribution in [3.05, 3.63) is 0 Å². The predicted octanol–water partition coefficient (Wildman–Crippen LogP) is -2.18. The van der Waals surface area contributed by atoms with Gasteiger partial charge in [0, 0.05) is 30.8 Å². The van der Waals surface area contributed by atoms with Crippen LogP contribution in [0.4, 0.5) is 0 Å². The number of rotatable bonds is 6. The number of ether oxygens (including phenoxy) is 1. The van der Waals surface area contributed by atoms with Gasteiger partial charge in [0.25, 0.3) is 0 Å². The molecule has 6 nitrogen and oxygen atoms in total. The number of fused-ring (bicyclic) bond motifs is 2. The summed E-state index contributed by atoms with van der Waals surface area (Å²) in [6.07, 6.45) is 3.74. The summed E-state index contributed by atoms with van der Waals surface area (Å²) in [6, 6.07) is 0. The number of hydrogen-bond acceptors (Lipinski definition) is 4. The third-order valence-electron chi connectivity index (χ3n) is 5.70. The summed E-state index contributed by atoms with van der Waals surface area (Å²) in [5.41, 5.74) is 0. The Morgan fingerprint density at radius 1 is 1.14 bits per heavy atom. The molecular formula is C16H26N2O4. The van der Waals surface area contributed by atoms with E-state index in [2.05, 4.69) is 5.32 Å². The van der Waals surface area contributed by atoms with Crippen LogP contribution in [0.3, 0.4) is 0 Å². The second kappa shape index (κ2) is 6.96. The van der Waals surface area contributed by atoms with Crippen LogP contribution in [0.15, 0.2) is 0 Å². The summed E-state index contributed by atoms with van der Waals surface area (Å²) < 4.78 is 5.32. The van der Waals surface area contributed by atoms with Gasteiger partial charge in [0.2, 0.25) is 5.91 Å². The maximum Gasteiger partial charge on any atom is 0.224 e. The van der Waals surface area contributed by atoms with E-state index >= 15 is 0 Å². The zero-order valence-corrected chi connectivity index (χ0v) is 13.0. The summed E-state index contributed by atoms with van der Waals surface area (Å²) in [7, 11) is 0. The lowest BCUT2D eigenvalue weighted by molar-refractivity contribution is -0.908. The standard InChI is InChI=1S/C16H26N2O4/c19-15(17-4-1-5-18-6-8-22-9-7-18)13-11-2-3-12(10-11)14(13)16(20)21/h11-14H,1-10H2,(H,17,19)(H,20,21)/t11-,12+,13-,14+/m0/s1. The van der Waals surface area contributed by atoms with Crippen molar-refractivity contribution < 1.29 is 24.3 Å². The van der Waals surface area contributed by atoms with E-state index < -0.39 is 11.9 Å². The first kappa shape index (κ1) is 15.7. The van der Waals surface area contributed by atoms with E-state index in [1.54, 1.807) is 0 Å². The van der Waals surface area contributed by atoms with E-state index in [9.17, 15) is 14.7 Å². The van der Waals surface area contributed by atoms with Crippen LogP contribution < -0.4 is 15.3 Å². The SMILES string of the molecule is O=C([O-])[C@@H]1[C@@H]2CC[C@@H](C2)[C@@H]1C(=O)NCCC[NH+]1CCOCC1. The number of aliphatic carboxylic acids is 1. The van der Waals surface area contributed by atoms with E-state index in [-0.39, 0.29) is 23.7 Å². The van der Waals surface area contributed by atoms with Gasteiger partial charge in [-0.1, -0.05) is 0 Å². The molecule has 0 spiro atoms. The second-order valence-electron chi connectivity index (χ2n) is 6.96. The molecular weight excluding hydrogens is 284 g/mol. The molecule has 0 aromatic rings. The molecule has 0 radical (unpaired) electrons. The topological polar surface area (TPSA) is 82.9 Å². The number of hydrogen-bond donors (Lipinski definition) is 2. The third kappa shape index (κ3) is 3.27. The Balaban J connectivity index is 1.42. The molecule has 1 aliphatic heterocycles. The Labute approximate surface area is 131 Å². The van der Waals surface area contributed by atoms with Crippen molar-refractivity contribution in [1.82, 2.24) is 5.32 Å². The number of carboxylic acid groups (broad SMARTS) is 1. The fraction of sp³-hybridized carbons (Fsp3) is 0.875. The van der Waals surface area contributed by atoms with Crippen LogP contribution in [0.1, 0.15) is 25.7 Å². The highest BCUT2D eigenvalue weighted by atomic mass is 16.5. The number of quaternary nitrogens is 1. The maximum atomic E-state index is 12.4. The van der Waals surface area contributed by atoms with Crippen LogP contribution in [-0.2, 0) is 14.3 Å². The summed E-state index contributed by atoms with van der Waals surface area (Å²) in [5, 5.41) is 14.3. The largest absolute Gasteiger partial charge is 0.550 e. The predicted molar refractivity (Wildman–Crippen MR) is 76.8 cm³/mol. The fourth-order valence-corrected chi connectivity index (χ4v) is 4.59. The van der Waals surface area contributed by atoms with Crippen molar-refractivity contribution in [1.29, 1.82) is 0 Å². The van der Waals surface area contributed by atoms with E-state index in [1.165, 1.54) is 4.90 Å². The highest BCUT2D eigenvalue weighted by Gasteiger charge is 2.51. The fourth-order valence-electron chi connectivity index (χ4n) is 4.59. The molecule has 1 amide bonds. The molecule has 3 rings (SSSR count). The number of carbonyl (C=O) groups is 2. The third-order valence-corrected chi connectivity index (χ3v) is 5.70. The maximum absolute atomic E-state index is 12.4. The van der Waals surface area contributed by atoms with Crippen LogP contribution >= 0.6 is 0 Å². The molecule has 2 bridgehead atoms. The van der Waals surface area contributed by atoms with Gasteiger partial charge in [0.1, 0.15) is 13.1 Å². The summed E-state index contributed by atoms with van der Waals surface area (Å²) in [4.78, 5) is 25.2. The number of carbonyl (C=O) groups excluding carboxylic acids is 2. The van der Waals surface area contributed by atoms with Crippen molar-refractivity contribution in [2.45, 2.75) is 25.7 Å². The van der Waals surface area contributed by atoms with Gasteiger partial charge in [-0.05, 0) is 31.1 Å². The minimum absolute atomic E-state index is 0.0709. The highest BCUT2D eigenvalue weighted by Crippen LogP contribution is 2.52. The molecule has 22 heavy (non-hydrogen) atoms. The first-order valence-electron chi connectivity index (χ1n) is 8.56. The minimum atomic E-state index is -1.04. The quantitative estimate of drug-likeness (QED) is 0.547. The number of amides is 1. The molecule has 2 N–H and O–H groups in total. The normalized spacial score (nSPS) is 34.7. The molecule has 4 atom stereocenters. The van der Waals surface area contributed by atoms with E-state index in [0.29, 0.717) is 6.54 Å². The Bertz CT molecular complexity index is 422. The smallest absolute Gasteiger partial charge is 0.224 e.